The summed E-state index contributed by atoms with van der Waals surface area (Å²) in [6.45, 7) is 0. The topological polar surface area (TPSA) is 47.6 Å². The quantitative estimate of drug-likeness (QED) is 0.806. The Balaban J connectivity index is 2.21. The second-order valence-corrected chi connectivity index (χ2v) is 4.68. The maximum atomic E-state index is 11.6. The zero-order valence-corrected chi connectivity index (χ0v) is 13.0. The van der Waals surface area contributed by atoms with Crippen LogP contribution in [0.3, 0.4) is 0 Å². The number of para-hydroxylation sites is 1. The predicted octanol–water partition coefficient (Wildman–Crippen LogP) is 4.11. The lowest BCUT2D eigenvalue weighted by Gasteiger charge is -2.13. The van der Waals surface area contributed by atoms with Crippen molar-refractivity contribution in [1.29, 1.82) is 0 Å². The maximum Gasteiger partial charge on any atom is 0.203 e. The summed E-state index contributed by atoms with van der Waals surface area (Å²) in [5.74, 6) is 1.83. The summed E-state index contributed by atoms with van der Waals surface area (Å²) in [7, 11) is 4.75. The molecule has 1 radical (unpaired) electrons. The largest absolute Gasteiger partial charge is 0.493 e. The van der Waals surface area contributed by atoms with E-state index in [-0.39, 0.29) is 5.75 Å². The molecule has 0 aliphatic rings. The molecule has 0 N–H and O–H groups in total. The van der Waals surface area contributed by atoms with Gasteiger partial charge in [-0.2, -0.15) is 0 Å². The number of methoxy groups -OCH3 is 3. The van der Waals surface area contributed by atoms with Crippen molar-refractivity contribution in [2.45, 2.75) is 6.42 Å². The van der Waals surface area contributed by atoms with Crippen molar-refractivity contribution in [2.75, 3.05) is 21.3 Å². The van der Waals surface area contributed by atoms with Gasteiger partial charge in [0.2, 0.25) is 5.75 Å². The fourth-order valence-electron chi connectivity index (χ4n) is 2.19. The van der Waals surface area contributed by atoms with Gasteiger partial charge in [0.25, 0.3) is 0 Å². The standard InChI is InChI=1S/C18H19O4/c1-20-16-11-13(12-17(21-2)18(16)22-3)7-6-9-14-8-4-5-10-15(14)19/h4-6,8-12H,7H2,1-3H3. The van der Waals surface area contributed by atoms with Crippen LogP contribution in [0.15, 0.2) is 42.5 Å². The SMILES string of the molecule is COc1cc(CC=Cc2ccccc2[O])cc(OC)c1OC. The molecule has 115 valence electrons. The van der Waals surface area contributed by atoms with Gasteiger partial charge >= 0.3 is 0 Å². The molecule has 0 atom stereocenters. The van der Waals surface area contributed by atoms with E-state index < -0.39 is 0 Å². The predicted molar refractivity (Wildman–Crippen MR) is 85.4 cm³/mol. The van der Waals surface area contributed by atoms with Crippen molar-refractivity contribution < 1.29 is 19.3 Å². The normalized spacial score (nSPS) is 10.7. The zero-order valence-electron chi connectivity index (χ0n) is 13.0. The van der Waals surface area contributed by atoms with E-state index in [0.29, 0.717) is 29.2 Å². The molecule has 2 rings (SSSR count). The maximum absolute atomic E-state index is 11.6. The second-order valence-electron chi connectivity index (χ2n) is 4.68. The van der Waals surface area contributed by atoms with Gasteiger partial charge in [0, 0.05) is 5.56 Å². The van der Waals surface area contributed by atoms with Crippen LogP contribution in [-0.2, 0) is 11.5 Å². The van der Waals surface area contributed by atoms with E-state index in [1.165, 1.54) is 0 Å². The van der Waals surface area contributed by atoms with Crippen LogP contribution in [0.25, 0.3) is 6.08 Å². The first-order valence-electron chi connectivity index (χ1n) is 6.91. The first kappa shape index (κ1) is 15.8. The van der Waals surface area contributed by atoms with E-state index in [4.69, 9.17) is 14.2 Å². The smallest absolute Gasteiger partial charge is 0.203 e. The van der Waals surface area contributed by atoms with Gasteiger partial charge in [-0.3, -0.25) is 5.11 Å². The lowest BCUT2D eigenvalue weighted by Crippen LogP contribution is -1.96. The van der Waals surface area contributed by atoms with Crippen LogP contribution in [0.2, 0.25) is 0 Å². The number of hydrogen-bond acceptors (Lipinski definition) is 3. The van der Waals surface area contributed by atoms with Crippen LogP contribution in [-0.4, -0.2) is 21.3 Å². The molecule has 0 aliphatic carbocycles. The van der Waals surface area contributed by atoms with E-state index in [2.05, 4.69) is 0 Å². The summed E-state index contributed by atoms with van der Waals surface area (Å²) in [5, 5.41) is 11.6. The first-order chi connectivity index (χ1) is 10.7. The van der Waals surface area contributed by atoms with Crippen LogP contribution in [0.5, 0.6) is 23.0 Å². The van der Waals surface area contributed by atoms with Crippen LogP contribution in [0.1, 0.15) is 11.1 Å². The highest BCUT2D eigenvalue weighted by atomic mass is 16.5. The lowest BCUT2D eigenvalue weighted by atomic mass is 10.1. The van der Waals surface area contributed by atoms with E-state index in [9.17, 15) is 5.11 Å². The number of allylic oxidation sites excluding steroid dienone is 1. The average Bonchev–Trinajstić information content (AvgIpc) is 2.55. The van der Waals surface area contributed by atoms with Crippen LogP contribution < -0.4 is 14.2 Å². The molecule has 0 heterocycles. The highest BCUT2D eigenvalue weighted by Crippen LogP contribution is 2.38. The monoisotopic (exact) mass is 299 g/mol. The van der Waals surface area contributed by atoms with Gasteiger partial charge in [0.05, 0.1) is 21.3 Å². The van der Waals surface area contributed by atoms with E-state index in [0.717, 1.165) is 5.56 Å². The Kier molecular flexibility index (Phi) is 5.31. The molecule has 0 saturated carbocycles. The Hall–Kier alpha value is -2.62. The molecular weight excluding hydrogens is 280 g/mol. The molecule has 22 heavy (non-hydrogen) atoms. The van der Waals surface area contributed by atoms with Gasteiger partial charge in [-0.25, -0.2) is 0 Å². The molecule has 0 spiro atoms. The summed E-state index contributed by atoms with van der Waals surface area (Å²) < 4.78 is 15.9. The third-order valence-electron chi connectivity index (χ3n) is 3.29. The number of rotatable bonds is 6. The summed E-state index contributed by atoms with van der Waals surface area (Å²) >= 11 is 0. The Morgan fingerprint density at radius 2 is 1.59 bits per heavy atom. The Labute approximate surface area is 130 Å². The molecule has 4 heteroatoms. The molecule has 0 bridgehead atoms. The van der Waals surface area contributed by atoms with Crippen molar-refractivity contribution in [3.8, 4) is 23.0 Å². The molecule has 4 nitrogen and oxygen atoms in total. The van der Waals surface area contributed by atoms with E-state index in [1.54, 1.807) is 39.5 Å². The molecule has 0 aliphatic heterocycles. The summed E-state index contributed by atoms with van der Waals surface area (Å²) in [5.41, 5.74) is 1.68. The molecule has 0 amide bonds. The molecule has 2 aromatic carbocycles. The number of ether oxygens (including phenoxy) is 3. The number of hydrogen-bond donors (Lipinski definition) is 0. The molecule has 0 saturated heterocycles. The number of benzene rings is 2. The van der Waals surface area contributed by atoms with Gasteiger partial charge < -0.3 is 14.2 Å². The first-order valence-corrected chi connectivity index (χ1v) is 6.91. The summed E-state index contributed by atoms with van der Waals surface area (Å²) in [6.07, 6.45) is 4.42. The van der Waals surface area contributed by atoms with Gasteiger partial charge in [-0.05, 0) is 30.2 Å². The van der Waals surface area contributed by atoms with Crippen molar-refractivity contribution >= 4 is 6.08 Å². The minimum absolute atomic E-state index is 0.0173. The average molecular weight is 299 g/mol. The van der Waals surface area contributed by atoms with Crippen LogP contribution in [0.4, 0.5) is 0 Å². The van der Waals surface area contributed by atoms with Gasteiger partial charge in [0.15, 0.2) is 17.2 Å². The van der Waals surface area contributed by atoms with Gasteiger partial charge in [-0.15, -0.1) is 0 Å². The molecule has 0 fully saturated rings. The van der Waals surface area contributed by atoms with E-state index in [1.807, 2.05) is 30.4 Å². The fraction of sp³-hybridized carbons (Fsp3) is 0.222. The van der Waals surface area contributed by atoms with Crippen LogP contribution >= 0.6 is 0 Å². The molecule has 0 unspecified atom stereocenters. The fourth-order valence-corrected chi connectivity index (χ4v) is 2.19. The highest BCUT2D eigenvalue weighted by molar-refractivity contribution is 5.58. The van der Waals surface area contributed by atoms with Crippen molar-refractivity contribution in [3.63, 3.8) is 0 Å². The molecular formula is C18H19O4. The van der Waals surface area contributed by atoms with Crippen molar-refractivity contribution in [1.82, 2.24) is 0 Å². The van der Waals surface area contributed by atoms with E-state index >= 15 is 0 Å². The summed E-state index contributed by atoms with van der Waals surface area (Å²) in [4.78, 5) is 0. The van der Waals surface area contributed by atoms with Gasteiger partial charge in [0.1, 0.15) is 0 Å². The Bertz CT molecular complexity index is 637. The second kappa shape index (κ2) is 7.41. The minimum atomic E-state index is 0.0173. The van der Waals surface area contributed by atoms with Crippen LogP contribution in [0, 0.1) is 0 Å². The highest BCUT2D eigenvalue weighted by Gasteiger charge is 2.12. The Morgan fingerprint density at radius 1 is 0.955 bits per heavy atom. The third-order valence-corrected chi connectivity index (χ3v) is 3.29. The van der Waals surface area contributed by atoms with Gasteiger partial charge in [-0.1, -0.05) is 30.4 Å². The summed E-state index contributed by atoms with van der Waals surface area (Å²) in [6, 6.07) is 10.7. The molecule has 2 aromatic rings. The van der Waals surface area contributed by atoms with Crippen molar-refractivity contribution in [2.24, 2.45) is 0 Å². The zero-order chi connectivity index (χ0) is 15.9. The van der Waals surface area contributed by atoms with Crippen molar-refractivity contribution in [3.05, 3.63) is 53.6 Å². The molecule has 0 aromatic heterocycles. The lowest BCUT2D eigenvalue weighted by molar-refractivity contribution is 0.324. The third kappa shape index (κ3) is 3.52. The Morgan fingerprint density at radius 3 is 2.14 bits per heavy atom. The minimum Gasteiger partial charge on any atom is -0.493 e.